The molecule has 1 aromatic rings. The number of hydrogen-bond donors (Lipinski definition) is 0. The predicted molar refractivity (Wildman–Crippen MR) is 66.9 cm³/mol. The molecule has 0 amide bonds. The minimum absolute atomic E-state index is 0.138. The lowest BCUT2D eigenvalue weighted by Gasteiger charge is -2.20. The first kappa shape index (κ1) is 13.3. The Morgan fingerprint density at radius 1 is 1.24 bits per heavy atom. The molecule has 17 heavy (non-hydrogen) atoms. The minimum Gasteiger partial charge on any atom is -0.489 e. The number of carbonyl (C=O) groups is 1. The molecule has 3 nitrogen and oxygen atoms in total. The minimum atomic E-state index is -0.507. The van der Waals surface area contributed by atoms with Crippen molar-refractivity contribution in [3.63, 3.8) is 0 Å². The van der Waals surface area contributed by atoms with Crippen molar-refractivity contribution in [2.75, 3.05) is 6.61 Å². The molecule has 0 radical (unpaired) electrons. The molecule has 3 heteroatoms. The summed E-state index contributed by atoms with van der Waals surface area (Å²) in [5.41, 5.74) is -0.198. The van der Waals surface area contributed by atoms with Gasteiger partial charge in [-0.3, -0.25) is 0 Å². The van der Waals surface area contributed by atoms with Crippen LogP contribution in [0.25, 0.3) is 0 Å². The van der Waals surface area contributed by atoms with E-state index in [9.17, 15) is 4.79 Å². The maximum atomic E-state index is 11.6. The third-order valence-corrected chi connectivity index (χ3v) is 1.84. The van der Waals surface area contributed by atoms with Crippen LogP contribution in [-0.2, 0) is 9.53 Å². The number of carbonyl (C=O) groups excluding carboxylic acids is 1. The SMILES string of the molecule is C=C(COc1ccccc1)C(=O)OC(C)(C)C. The maximum absolute atomic E-state index is 11.6. The van der Waals surface area contributed by atoms with Crippen LogP contribution in [-0.4, -0.2) is 18.2 Å². The molecule has 1 rings (SSSR count). The van der Waals surface area contributed by atoms with E-state index in [-0.39, 0.29) is 6.61 Å². The zero-order chi connectivity index (χ0) is 12.9. The fourth-order valence-corrected chi connectivity index (χ4v) is 1.10. The molecular formula is C14H18O3. The predicted octanol–water partition coefficient (Wildman–Crippen LogP) is 2.96. The van der Waals surface area contributed by atoms with E-state index in [1.54, 1.807) is 0 Å². The Hall–Kier alpha value is -1.77. The first-order chi connectivity index (χ1) is 7.88. The van der Waals surface area contributed by atoms with E-state index in [4.69, 9.17) is 9.47 Å². The van der Waals surface area contributed by atoms with Crippen LogP contribution in [0.15, 0.2) is 42.5 Å². The molecule has 0 atom stereocenters. The van der Waals surface area contributed by atoms with Crippen LogP contribution in [0, 0.1) is 0 Å². The number of ether oxygens (including phenoxy) is 2. The van der Waals surface area contributed by atoms with Crippen molar-refractivity contribution in [1.29, 1.82) is 0 Å². The molecule has 0 aliphatic rings. The second-order valence-corrected chi connectivity index (χ2v) is 4.71. The zero-order valence-corrected chi connectivity index (χ0v) is 10.5. The maximum Gasteiger partial charge on any atom is 0.337 e. The monoisotopic (exact) mass is 234 g/mol. The van der Waals surface area contributed by atoms with E-state index in [0.29, 0.717) is 11.3 Å². The van der Waals surface area contributed by atoms with Crippen LogP contribution in [0.5, 0.6) is 5.75 Å². The van der Waals surface area contributed by atoms with E-state index in [2.05, 4.69) is 6.58 Å². The van der Waals surface area contributed by atoms with Crippen LogP contribution < -0.4 is 4.74 Å². The standard InChI is InChI=1S/C14H18O3/c1-11(13(15)17-14(2,3)4)10-16-12-8-6-5-7-9-12/h5-9H,1,10H2,2-4H3. The number of benzene rings is 1. The third kappa shape index (κ3) is 5.20. The number of hydrogen-bond acceptors (Lipinski definition) is 3. The van der Waals surface area contributed by atoms with Gasteiger partial charge in [-0.05, 0) is 32.9 Å². The van der Waals surface area contributed by atoms with E-state index in [0.717, 1.165) is 0 Å². The first-order valence-corrected chi connectivity index (χ1v) is 5.47. The lowest BCUT2D eigenvalue weighted by atomic mass is 10.2. The second-order valence-electron chi connectivity index (χ2n) is 4.71. The van der Waals surface area contributed by atoms with Crippen LogP contribution in [0.3, 0.4) is 0 Å². The summed E-state index contributed by atoms with van der Waals surface area (Å²) < 4.78 is 10.6. The van der Waals surface area contributed by atoms with E-state index in [1.165, 1.54) is 0 Å². The number of para-hydroxylation sites is 1. The Bertz CT molecular complexity index is 388. The van der Waals surface area contributed by atoms with Crippen LogP contribution in [0.1, 0.15) is 20.8 Å². The highest BCUT2D eigenvalue weighted by Gasteiger charge is 2.18. The summed E-state index contributed by atoms with van der Waals surface area (Å²) in [5.74, 6) is 0.283. The van der Waals surface area contributed by atoms with Gasteiger partial charge in [0.25, 0.3) is 0 Å². The van der Waals surface area contributed by atoms with E-state index < -0.39 is 11.6 Å². The van der Waals surface area contributed by atoms with Crippen molar-refractivity contribution in [3.05, 3.63) is 42.5 Å². The van der Waals surface area contributed by atoms with Crippen molar-refractivity contribution in [1.82, 2.24) is 0 Å². The highest BCUT2D eigenvalue weighted by molar-refractivity contribution is 5.88. The molecule has 0 aliphatic heterocycles. The zero-order valence-electron chi connectivity index (χ0n) is 10.5. The van der Waals surface area contributed by atoms with Crippen molar-refractivity contribution >= 4 is 5.97 Å². The van der Waals surface area contributed by atoms with Gasteiger partial charge in [0.1, 0.15) is 18.0 Å². The molecule has 0 saturated heterocycles. The van der Waals surface area contributed by atoms with Gasteiger partial charge in [-0.2, -0.15) is 0 Å². The summed E-state index contributed by atoms with van der Waals surface area (Å²) in [7, 11) is 0. The van der Waals surface area contributed by atoms with Crippen molar-refractivity contribution in [2.45, 2.75) is 26.4 Å². The molecule has 1 aromatic carbocycles. The quantitative estimate of drug-likeness (QED) is 0.593. The van der Waals surface area contributed by atoms with Gasteiger partial charge in [0.2, 0.25) is 0 Å². The van der Waals surface area contributed by atoms with Gasteiger partial charge in [-0.25, -0.2) is 4.79 Å². The summed E-state index contributed by atoms with van der Waals surface area (Å²) in [6.45, 7) is 9.24. The highest BCUT2D eigenvalue weighted by Crippen LogP contribution is 2.12. The fraction of sp³-hybridized carbons (Fsp3) is 0.357. The van der Waals surface area contributed by atoms with E-state index in [1.807, 2.05) is 51.1 Å². The summed E-state index contributed by atoms with van der Waals surface area (Å²) in [5, 5.41) is 0. The Labute approximate surface area is 102 Å². The van der Waals surface area contributed by atoms with Gasteiger partial charge in [-0.1, -0.05) is 24.8 Å². The summed E-state index contributed by atoms with van der Waals surface area (Å²) in [4.78, 5) is 11.6. The topological polar surface area (TPSA) is 35.5 Å². The van der Waals surface area contributed by atoms with Crippen LogP contribution >= 0.6 is 0 Å². The lowest BCUT2D eigenvalue weighted by Crippen LogP contribution is -2.26. The molecule has 0 bridgehead atoms. The van der Waals surface area contributed by atoms with Crippen molar-refractivity contribution in [2.24, 2.45) is 0 Å². The first-order valence-electron chi connectivity index (χ1n) is 5.47. The second kappa shape index (κ2) is 5.53. The number of rotatable bonds is 4. The van der Waals surface area contributed by atoms with Gasteiger partial charge in [-0.15, -0.1) is 0 Å². The molecule has 0 aromatic heterocycles. The third-order valence-electron chi connectivity index (χ3n) is 1.84. The summed E-state index contributed by atoms with van der Waals surface area (Å²) in [6, 6.07) is 9.28. The molecule has 0 spiro atoms. The molecule has 0 saturated carbocycles. The number of esters is 1. The van der Waals surface area contributed by atoms with E-state index >= 15 is 0 Å². The van der Waals surface area contributed by atoms with Crippen molar-refractivity contribution in [3.8, 4) is 5.75 Å². The molecule has 0 heterocycles. The van der Waals surface area contributed by atoms with Crippen molar-refractivity contribution < 1.29 is 14.3 Å². The smallest absolute Gasteiger partial charge is 0.337 e. The Morgan fingerprint density at radius 3 is 2.35 bits per heavy atom. The molecule has 0 fully saturated rings. The molecular weight excluding hydrogens is 216 g/mol. The van der Waals surface area contributed by atoms with Gasteiger partial charge >= 0.3 is 5.97 Å². The average molecular weight is 234 g/mol. The lowest BCUT2D eigenvalue weighted by molar-refractivity contribution is -0.150. The molecule has 0 N–H and O–H groups in total. The van der Waals surface area contributed by atoms with Gasteiger partial charge in [0.15, 0.2) is 0 Å². The molecule has 0 aliphatic carbocycles. The molecule has 0 unspecified atom stereocenters. The largest absolute Gasteiger partial charge is 0.489 e. The van der Waals surface area contributed by atoms with Gasteiger partial charge in [0, 0.05) is 0 Å². The fourth-order valence-electron chi connectivity index (χ4n) is 1.10. The normalized spacial score (nSPS) is 10.8. The van der Waals surface area contributed by atoms with Crippen LogP contribution in [0.2, 0.25) is 0 Å². The van der Waals surface area contributed by atoms with Crippen LogP contribution in [0.4, 0.5) is 0 Å². The summed E-state index contributed by atoms with van der Waals surface area (Å²) in [6.07, 6.45) is 0. The molecule has 92 valence electrons. The average Bonchev–Trinajstić information content (AvgIpc) is 2.25. The highest BCUT2D eigenvalue weighted by atomic mass is 16.6. The Kier molecular flexibility index (Phi) is 4.32. The van der Waals surface area contributed by atoms with Gasteiger partial charge in [0.05, 0.1) is 5.57 Å². The summed E-state index contributed by atoms with van der Waals surface area (Å²) >= 11 is 0. The van der Waals surface area contributed by atoms with Gasteiger partial charge < -0.3 is 9.47 Å². The Morgan fingerprint density at radius 2 is 1.82 bits per heavy atom. The Balaban J connectivity index is 2.43.